The number of hydrogen-bond donors (Lipinski definition) is 3. The Bertz CT molecular complexity index is 647. The Hall–Kier alpha value is -1.01. The Morgan fingerprint density at radius 2 is 1.91 bits per heavy atom. The smallest absolute Gasteiger partial charge is 0.251 e. The normalized spacial score (nSPS) is 22.0. The van der Waals surface area contributed by atoms with E-state index in [0.717, 1.165) is 23.5 Å². The molecule has 0 bridgehead atoms. The van der Waals surface area contributed by atoms with Gasteiger partial charge in [-0.3, -0.25) is 9.59 Å². The Labute approximate surface area is 139 Å². The summed E-state index contributed by atoms with van der Waals surface area (Å²) < 4.78 is 0. The topological polar surface area (TPSA) is 72.2 Å². The molecule has 2 aliphatic rings. The summed E-state index contributed by atoms with van der Waals surface area (Å²) in [6.45, 7) is 8.46. The molecule has 1 aliphatic carbocycles. The van der Waals surface area contributed by atoms with Gasteiger partial charge in [-0.25, -0.2) is 11.8 Å². The largest absolute Gasteiger partial charge is 0.365 e. The van der Waals surface area contributed by atoms with Crippen LogP contribution in [0, 0.1) is 16.7 Å². The van der Waals surface area contributed by atoms with Crippen LogP contribution in [0.3, 0.4) is 0 Å². The molecule has 1 aliphatic heterocycles. The van der Waals surface area contributed by atoms with Gasteiger partial charge in [0.05, 0.1) is 5.56 Å². The molecule has 3 N–H and O–H groups in total. The summed E-state index contributed by atoms with van der Waals surface area (Å²) in [5, 5.41) is 3.65. The Morgan fingerprint density at radius 1 is 1.27 bits per heavy atom. The van der Waals surface area contributed by atoms with Crippen LogP contribution in [0.1, 0.15) is 48.5 Å². The molecule has 121 valence electrons. The van der Waals surface area contributed by atoms with Gasteiger partial charge < -0.3 is 11.1 Å². The average Bonchev–Trinajstić information content (AvgIpc) is 2.68. The molecule has 1 aromatic heterocycles. The van der Waals surface area contributed by atoms with Crippen LogP contribution in [-0.4, -0.2) is 17.6 Å². The highest BCUT2D eigenvalue weighted by Crippen LogP contribution is 2.68. The van der Waals surface area contributed by atoms with Crippen LogP contribution >= 0.6 is 23.1 Å². The van der Waals surface area contributed by atoms with E-state index in [-0.39, 0.29) is 22.7 Å². The van der Waals surface area contributed by atoms with Crippen molar-refractivity contribution in [3.63, 3.8) is 0 Å². The van der Waals surface area contributed by atoms with Crippen molar-refractivity contribution in [2.75, 3.05) is 11.1 Å². The lowest BCUT2D eigenvalue weighted by molar-refractivity contribution is -0.118. The zero-order valence-electron chi connectivity index (χ0n) is 13.4. The minimum Gasteiger partial charge on any atom is -0.365 e. The number of amides is 2. The van der Waals surface area contributed by atoms with Crippen molar-refractivity contribution in [2.45, 2.75) is 39.9 Å². The molecule has 0 atom stereocenters. The van der Waals surface area contributed by atoms with Crippen molar-refractivity contribution in [1.82, 2.24) is 0 Å². The highest BCUT2D eigenvalue weighted by Gasteiger charge is 2.68. The van der Waals surface area contributed by atoms with Crippen LogP contribution in [0.15, 0.2) is 0 Å². The number of anilines is 1. The molecule has 4 nitrogen and oxygen atoms in total. The fraction of sp³-hybridized carbons (Fsp3) is 0.625. The number of thiophene rings is 1. The van der Waals surface area contributed by atoms with Gasteiger partial charge in [0.25, 0.3) is 5.91 Å². The summed E-state index contributed by atoms with van der Waals surface area (Å²) in [5.74, 6) is 1.56. The third kappa shape index (κ3) is 2.19. The van der Waals surface area contributed by atoms with E-state index < -0.39 is 5.91 Å². The van der Waals surface area contributed by atoms with Gasteiger partial charge in [-0.2, -0.15) is 0 Å². The number of nitrogens with two attached hydrogens (primary N) is 1. The molecule has 1 fully saturated rings. The lowest BCUT2D eigenvalue weighted by atomic mass is 10.0. The predicted molar refractivity (Wildman–Crippen MR) is 93.8 cm³/mol. The molecule has 2 heterocycles. The highest BCUT2D eigenvalue weighted by atomic mass is 32.2. The molecule has 3 rings (SSSR count). The first-order valence-electron chi connectivity index (χ1n) is 7.56. The third-order valence-corrected chi connectivity index (χ3v) is 8.07. The van der Waals surface area contributed by atoms with Crippen molar-refractivity contribution >= 4 is 39.9 Å². The predicted octanol–water partition coefficient (Wildman–Crippen LogP) is 2.99. The van der Waals surface area contributed by atoms with Crippen LogP contribution in [0.25, 0.3) is 0 Å². The van der Waals surface area contributed by atoms with Crippen LogP contribution in [0.5, 0.6) is 0 Å². The molecule has 0 aromatic carbocycles. The highest BCUT2D eigenvalue weighted by molar-refractivity contribution is 7.98. The van der Waals surface area contributed by atoms with Gasteiger partial charge in [0, 0.05) is 16.5 Å². The number of rotatable bonds is 3. The van der Waals surface area contributed by atoms with Crippen LogP contribution in [0.4, 0.5) is 5.00 Å². The maximum absolute atomic E-state index is 12.6. The molecule has 1 radical (unpaired) electrons. The third-order valence-electron chi connectivity index (χ3n) is 5.63. The fourth-order valence-electron chi connectivity index (χ4n) is 3.66. The second kappa shape index (κ2) is 4.99. The molecule has 0 spiro atoms. The molecule has 1 aromatic rings. The molecule has 6 heteroatoms. The van der Waals surface area contributed by atoms with Crippen molar-refractivity contribution in [3.05, 3.63) is 16.0 Å². The van der Waals surface area contributed by atoms with E-state index in [9.17, 15) is 9.59 Å². The summed E-state index contributed by atoms with van der Waals surface area (Å²) >= 11 is 2.90. The van der Waals surface area contributed by atoms with Crippen molar-refractivity contribution < 1.29 is 9.59 Å². The van der Waals surface area contributed by atoms with E-state index in [1.54, 1.807) is 0 Å². The number of fused-ring (bicyclic) bond motifs is 1. The van der Waals surface area contributed by atoms with Crippen molar-refractivity contribution in [2.24, 2.45) is 22.5 Å². The molecular weight excluding hydrogens is 316 g/mol. The number of carbonyl (C=O) groups is 2. The minimum atomic E-state index is -0.430. The van der Waals surface area contributed by atoms with Gasteiger partial charge in [0.2, 0.25) is 5.91 Å². The SMILES string of the molecule is CC1(C)C(C(=O)Nc2sc3c(c2C(N)=O)CC[SH]C3)C1(C)C. The summed E-state index contributed by atoms with van der Waals surface area (Å²) in [7, 11) is 0. The number of primary amides is 1. The maximum atomic E-state index is 12.6. The second-order valence-corrected chi connectivity index (χ2v) is 9.61. The number of nitrogens with one attached hydrogen (secondary N) is 1. The van der Waals surface area contributed by atoms with Crippen molar-refractivity contribution in [3.8, 4) is 0 Å². The standard InChI is InChI=1S/C16H23N2O2S2/c1-15(2)11(16(15,3)4)13(20)18-14-10(12(17)19)8-5-6-21-7-9(8)22-14/h11,21H,5-7H2,1-4H3,(H2,17,19)(H,18,20). The molecule has 2 amide bonds. The van der Waals surface area contributed by atoms with Gasteiger partial charge in [0.15, 0.2) is 0 Å². The zero-order chi connectivity index (χ0) is 16.3. The summed E-state index contributed by atoms with van der Waals surface area (Å²) in [4.78, 5) is 25.7. The Balaban J connectivity index is 1.89. The van der Waals surface area contributed by atoms with Crippen LogP contribution in [-0.2, 0) is 17.0 Å². The Morgan fingerprint density at radius 3 is 2.45 bits per heavy atom. The van der Waals surface area contributed by atoms with Gasteiger partial charge in [-0.05, 0) is 28.6 Å². The number of thiol groups is 1. The van der Waals surface area contributed by atoms with E-state index in [1.165, 1.54) is 28.0 Å². The first-order chi connectivity index (χ1) is 10.2. The van der Waals surface area contributed by atoms with Crippen molar-refractivity contribution in [1.29, 1.82) is 0 Å². The first-order valence-corrected chi connectivity index (χ1v) is 9.64. The van der Waals surface area contributed by atoms with E-state index in [0.29, 0.717) is 10.6 Å². The maximum Gasteiger partial charge on any atom is 0.251 e. The number of carbonyl (C=O) groups excluding carboxylic acids is 2. The lowest BCUT2D eigenvalue weighted by Crippen LogP contribution is -2.21. The Kier molecular flexibility index (Phi) is 3.60. The molecule has 1 saturated carbocycles. The minimum absolute atomic E-state index is 0.00801. The summed E-state index contributed by atoms with van der Waals surface area (Å²) in [6, 6.07) is 0. The lowest BCUT2D eigenvalue weighted by Gasteiger charge is -2.12. The number of hydrogen-bond acceptors (Lipinski definition) is 3. The van der Waals surface area contributed by atoms with E-state index >= 15 is 0 Å². The van der Waals surface area contributed by atoms with E-state index in [4.69, 9.17) is 5.73 Å². The van der Waals surface area contributed by atoms with E-state index in [2.05, 4.69) is 33.0 Å². The summed E-state index contributed by atoms with van der Waals surface area (Å²) in [5.41, 5.74) is 7.14. The second-order valence-electron chi connectivity index (χ2n) is 7.29. The van der Waals surface area contributed by atoms with Gasteiger partial charge in [-0.15, -0.1) is 11.3 Å². The monoisotopic (exact) mass is 339 g/mol. The fourth-order valence-corrected chi connectivity index (χ4v) is 6.18. The molecular formula is C16H23N2O2S2. The summed E-state index contributed by atoms with van der Waals surface area (Å²) in [6.07, 6.45) is 0.877. The van der Waals surface area contributed by atoms with E-state index in [1.807, 2.05) is 0 Å². The van der Waals surface area contributed by atoms with Crippen LogP contribution in [0.2, 0.25) is 0 Å². The zero-order valence-corrected chi connectivity index (χ0v) is 15.2. The quantitative estimate of drug-likeness (QED) is 0.741. The van der Waals surface area contributed by atoms with Crippen LogP contribution < -0.4 is 11.1 Å². The van der Waals surface area contributed by atoms with Gasteiger partial charge in [-0.1, -0.05) is 27.7 Å². The first kappa shape index (κ1) is 15.9. The van der Waals surface area contributed by atoms with Gasteiger partial charge >= 0.3 is 0 Å². The molecule has 22 heavy (non-hydrogen) atoms. The average molecular weight is 340 g/mol. The van der Waals surface area contributed by atoms with Gasteiger partial charge in [0.1, 0.15) is 5.00 Å². The molecule has 0 saturated heterocycles. The molecule has 0 unspecified atom stereocenters.